The maximum absolute atomic E-state index is 5.81. The van der Waals surface area contributed by atoms with Crippen molar-refractivity contribution in [3.05, 3.63) is 29.3 Å². The third kappa shape index (κ3) is 2.32. The Morgan fingerprint density at radius 1 is 1.33 bits per heavy atom. The van der Waals surface area contributed by atoms with E-state index in [1.165, 1.54) is 17.5 Å². The Labute approximate surface area is 91.9 Å². The van der Waals surface area contributed by atoms with Crippen LogP contribution in [0.1, 0.15) is 31.4 Å². The lowest BCUT2D eigenvalue weighted by molar-refractivity contribution is 0.386. The van der Waals surface area contributed by atoms with Crippen LogP contribution in [0.5, 0.6) is 0 Å². The van der Waals surface area contributed by atoms with Gasteiger partial charge in [0.15, 0.2) is 0 Å². The number of nitrogens with one attached hydrogen (secondary N) is 1. The van der Waals surface area contributed by atoms with Gasteiger partial charge in [0.05, 0.1) is 0 Å². The highest BCUT2D eigenvalue weighted by molar-refractivity contribution is 5.45. The summed E-state index contributed by atoms with van der Waals surface area (Å²) in [6.45, 7) is 5.54. The first-order chi connectivity index (χ1) is 7.16. The molecule has 0 aromatic heterocycles. The van der Waals surface area contributed by atoms with Crippen LogP contribution in [0.3, 0.4) is 0 Å². The molecule has 1 heterocycles. The molecule has 0 aliphatic carbocycles. The number of rotatable bonds is 1. The average molecular weight is 204 g/mol. The Kier molecular flexibility index (Phi) is 2.96. The fourth-order valence-electron chi connectivity index (χ4n) is 2.27. The van der Waals surface area contributed by atoms with Gasteiger partial charge >= 0.3 is 0 Å². The molecule has 0 saturated heterocycles. The summed E-state index contributed by atoms with van der Waals surface area (Å²) in [5.41, 5.74) is 9.52. The number of benzene rings is 1. The van der Waals surface area contributed by atoms with Crippen LogP contribution in [0.15, 0.2) is 18.2 Å². The first-order valence-corrected chi connectivity index (χ1v) is 5.77. The summed E-state index contributed by atoms with van der Waals surface area (Å²) in [5.74, 6) is 0.705. The number of nitrogens with two attached hydrogens (primary N) is 1. The summed E-state index contributed by atoms with van der Waals surface area (Å²) in [5, 5.41) is 3.62. The van der Waals surface area contributed by atoms with Gasteiger partial charge in [-0.2, -0.15) is 0 Å². The molecule has 0 saturated carbocycles. The van der Waals surface area contributed by atoms with Crippen molar-refractivity contribution in [3.63, 3.8) is 0 Å². The zero-order valence-corrected chi connectivity index (χ0v) is 9.59. The highest BCUT2D eigenvalue weighted by atomic mass is 14.9. The third-order valence-corrected chi connectivity index (χ3v) is 3.31. The van der Waals surface area contributed by atoms with Gasteiger partial charge in [-0.3, -0.25) is 0 Å². The van der Waals surface area contributed by atoms with E-state index in [-0.39, 0.29) is 0 Å². The van der Waals surface area contributed by atoms with Crippen LogP contribution >= 0.6 is 0 Å². The summed E-state index contributed by atoms with van der Waals surface area (Å²) >= 11 is 0. The molecule has 0 amide bonds. The lowest BCUT2D eigenvalue weighted by atomic mass is 9.97. The van der Waals surface area contributed by atoms with E-state index in [9.17, 15) is 0 Å². The van der Waals surface area contributed by atoms with Crippen molar-refractivity contribution in [1.82, 2.24) is 5.32 Å². The van der Waals surface area contributed by atoms with E-state index in [1.54, 1.807) is 0 Å². The van der Waals surface area contributed by atoms with E-state index in [2.05, 4.69) is 31.3 Å². The van der Waals surface area contributed by atoms with Crippen LogP contribution in [0.4, 0.5) is 5.69 Å². The highest BCUT2D eigenvalue weighted by Gasteiger charge is 2.17. The molecule has 2 rings (SSSR count). The van der Waals surface area contributed by atoms with Crippen molar-refractivity contribution < 1.29 is 0 Å². The molecule has 1 aromatic carbocycles. The first-order valence-electron chi connectivity index (χ1n) is 5.77. The van der Waals surface area contributed by atoms with E-state index < -0.39 is 0 Å². The lowest BCUT2D eigenvalue weighted by Crippen LogP contribution is -2.32. The Balaban J connectivity index is 2.18. The molecule has 2 nitrogen and oxygen atoms in total. The minimum Gasteiger partial charge on any atom is -0.399 e. The molecule has 0 spiro atoms. The molecular weight excluding hydrogens is 184 g/mol. The molecule has 1 atom stereocenters. The second kappa shape index (κ2) is 4.23. The Bertz CT molecular complexity index is 344. The van der Waals surface area contributed by atoms with Gasteiger partial charge in [0.2, 0.25) is 0 Å². The van der Waals surface area contributed by atoms with Crippen LogP contribution in [0.25, 0.3) is 0 Å². The Hall–Kier alpha value is -1.02. The van der Waals surface area contributed by atoms with Crippen molar-refractivity contribution >= 4 is 5.69 Å². The molecule has 3 N–H and O–H groups in total. The van der Waals surface area contributed by atoms with Crippen LogP contribution in [0, 0.1) is 5.92 Å². The number of anilines is 1. The molecule has 0 fully saturated rings. The summed E-state index contributed by atoms with van der Waals surface area (Å²) in [6, 6.07) is 6.91. The fourth-order valence-corrected chi connectivity index (χ4v) is 2.27. The molecule has 15 heavy (non-hydrogen) atoms. The predicted molar refractivity (Wildman–Crippen MR) is 64.6 cm³/mol. The van der Waals surface area contributed by atoms with Gasteiger partial charge < -0.3 is 11.1 Å². The maximum atomic E-state index is 5.81. The molecule has 0 bridgehead atoms. The van der Waals surface area contributed by atoms with E-state index >= 15 is 0 Å². The summed E-state index contributed by atoms with van der Waals surface area (Å²) in [7, 11) is 0. The molecule has 2 heteroatoms. The average Bonchev–Trinajstić information content (AvgIpc) is 2.39. The normalized spacial score (nSPS) is 21.1. The minimum atomic E-state index is 0.638. The van der Waals surface area contributed by atoms with E-state index in [4.69, 9.17) is 5.73 Å². The quantitative estimate of drug-likeness (QED) is 0.689. The molecule has 82 valence electrons. The van der Waals surface area contributed by atoms with Gasteiger partial charge in [-0.25, -0.2) is 0 Å². The second-order valence-electron chi connectivity index (χ2n) is 4.80. The van der Waals surface area contributed by atoms with Crippen molar-refractivity contribution in [2.75, 3.05) is 5.73 Å². The number of nitrogen functional groups attached to an aromatic ring is 1. The Morgan fingerprint density at radius 3 is 2.87 bits per heavy atom. The first kappa shape index (κ1) is 10.5. The van der Waals surface area contributed by atoms with Gasteiger partial charge in [0.1, 0.15) is 0 Å². The maximum Gasteiger partial charge on any atom is 0.0316 e. The molecule has 1 aromatic rings. The number of hydrogen-bond donors (Lipinski definition) is 2. The number of aryl methyl sites for hydroxylation is 1. The predicted octanol–water partition coefficient (Wildman–Crippen LogP) is 2.33. The van der Waals surface area contributed by atoms with Gasteiger partial charge in [0, 0.05) is 18.3 Å². The molecule has 1 aliphatic heterocycles. The fraction of sp³-hybridized carbons (Fsp3) is 0.538. The van der Waals surface area contributed by atoms with Crippen molar-refractivity contribution in [3.8, 4) is 0 Å². The lowest BCUT2D eigenvalue weighted by Gasteiger charge is -2.19. The van der Waals surface area contributed by atoms with Crippen LogP contribution < -0.4 is 11.1 Å². The van der Waals surface area contributed by atoms with Crippen LogP contribution in [-0.4, -0.2) is 6.04 Å². The minimum absolute atomic E-state index is 0.638. The topological polar surface area (TPSA) is 38.0 Å². The second-order valence-corrected chi connectivity index (χ2v) is 4.80. The Morgan fingerprint density at radius 2 is 2.13 bits per heavy atom. The third-order valence-electron chi connectivity index (χ3n) is 3.31. The highest BCUT2D eigenvalue weighted by Crippen LogP contribution is 2.21. The van der Waals surface area contributed by atoms with Crippen LogP contribution in [-0.2, 0) is 13.0 Å². The monoisotopic (exact) mass is 204 g/mol. The van der Waals surface area contributed by atoms with E-state index in [0.717, 1.165) is 18.7 Å². The van der Waals surface area contributed by atoms with Gasteiger partial charge in [-0.05, 0) is 42.0 Å². The molecule has 1 aliphatic rings. The number of hydrogen-bond acceptors (Lipinski definition) is 2. The van der Waals surface area contributed by atoms with Crippen LogP contribution in [0.2, 0.25) is 0 Å². The van der Waals surface area contributed by atoms with Crippen molar-refractivity contribution in [1.29, 1.82) is 0 Å². The summed E-state index contributed by atoms with van der Waals surface area (Å²) < 4.78 is 0. The van der Waals surface area contributed by atoms with E-state index in [1.807, 2.05) is 6.07 Å². The molecule has 0 radical (unpaired) electrons. The van der Waals surface area contributed by atoms with Crippen molar-refractivity contribution in [2.24, 2.45) is 5.92 Å². The SMILES string of the molecule is CC(C)C1CCc2cc(N)ccc2CN1. The standard InChI is InChI=1S/C13H20N2/c1-9(2)13-6-4-10-7-12(14)5-3-11(10)8-15-13/h3,5,7,9,13,15H,4,6,8,14H2,1-2H3. The van der Waals surface area contributed by atoms with E-state index in [0.29, 0.717) is 12.0 Å². The molecular formula is C13H20N2. The zero-order valence-electron chi connectivity index (χ0n) is 9.59. The summed E-state index contributed by atoms with van der Waals surface area (Å²) in [6.07, 6.45) is 2.37. The number of fused-ring (bicyclic) bond motifs is 1. The molecule has 1 unspecified atom stereocenters. The van der Waals surface area contributed by atoms with Gasteiger partial charge in [-0.15, -0.1) is 0 Å². The van der Waals surface area contributed by atoms with Gasteiger partial charge in [0.25, 0.3) is 0 Å². The zero-order chi connectivity index (χ0) is 10.8. The summed E-state index contributed by atoms with van der Waals surface area (Å²) in [4.78, 5) is 0. The van der Waals surface area contributed by atoms with Gasteiger partial charge in [-0.1, -0.05) is 19.9 Å². The van der Waals surface area contributed by atoms with Crippen molar-refractivity contribution in [2.45, 2.75) is 39.3 Å². The smallest absolute Gasteiger partial charge is 0.0316 e. The largest absolute Gasteiger partial charge is 0.399 e.